The predicted octanol–water partition coefficient (Wildman–Crippen LogP) is 3.53. The summed E-state index contributed by atoms with van der Waals surface area (Å²) in [5.41, 5.74) is 0.736. The maximum Gasteiger partial charge on any atom is 0.308 e. The van der Waals surface area contributed by atoms with Crippen LogP contribution in [0.5, 0.6) is 0 Å². The van der Waals surface area contributed by atoms with E-state index < -0.39 is 0 Å². The molecule has 1 heterocycles. The molecule has 1 fully saturated rings. The van der Waals surface area contributed by atoms with Gasteiger partial charge >= 0.3 is 5.97 Å². The van der Waals surface area contributed by atoms with E-state index in [0.29, 0.717) is 24.4 Å². The van der Waals surface area contributed by atoms with Crippen LogP contribution in [0, 0.1) is 5.92 Å². The Bertz CT molecular complexity index is 677. The van der Waals surface area contributed by atoms with Crippen molar-refractivity contribution in [2.75, 3.05) is 38.6 Å². The molecule has 0 unspecified atom stereocenters. The van der Waals surface area contributed by atoms with Crippen molar-refractivity contribution in [1.82, 2.24) is 10.2 Å². The van der Waals surface area contributed by atoms with E-state index in [-0.39, 0.29) is 41.8 Å². The average Bonchev–Trinajstić information content (AvgIpc) is 2.71. The molecule has 0 bridgehead atoms. The first-order valence-electron chi connectivity index (χ1n) is 9.70. The van der Waals surface area contributed by atoms with Crippen LogP contribution in [0.3, 0.4) is 0 Å². The van der Waals surface area contributed by atoms with Crippen LogP contribution < -0.4 is 10.6 Å². The number of carbonyl (C=O) groups is 2. The molecule has 0 radical (unpaired) electrons. The van der Waals surface area contributed by atoms with Crippen molar-refractivity contribution in [3.8, 4) is 0 Å². The fourth-order valence-corrected chi connectivity index (χ4v) is 3.23. The molecular weight excluding hydrogens is 507 g/mol. The number of methoxy groups -OCH3 is 1. The minimum absolute atomic E-state index is 0. The molecule has 162 valence electrons. The van der Waals surface area contributed by atoms with E-state index in [2.05, 4.69) is 20.5 Å². The van der Waals surface area contributed by atoms with Crippen molar-refractivity contribution >= 4 is 59.1 Å². The number of anilines is 1. The first-order valence-corrected chi connectivity index (χ1v) is 10.1. The summed E-state index contributed by atoms with van der Waals surface area (Å²) in [4.78, 5) is 30.5. The van der Waals surface area contributed by atoms with E-state index in [9.17, 15) is 9.59 Å². The second-order valence-corrected chi connectivity index (χ2v) is 7.12. The number of hydrogen-bond acceptors (Lipinski definition) is 4. The van der Waals surface area contributed by atoms with E-state index in [1.165, 1.54) is 7.11 Å². The molecule has 1 aromatic carbocycles. The Hall–Kier alpha value is -1.55. The van der Waals surface area contributed by atoms with Crippen LogP contribution in [0.2, 0.25) is 5.02 Å². The Balaban J connectivity index is 0.00000420. The van der Waals surface area contributed by atoms with Crippen molar-refractivity contribution in [2.24, 2.45) is 10.9 Å². The highest BCUT2D eigenvalue weighted by atomic mass is 127. The summed E-state index contributed by atoms with van der Waals surface area (Å²) >= 11 is 5.84. The Kier molecular flexibility index (Phi) is 12.0. The van der Waals surface area contributed by atoms with Gasteiger partial charge in [0.1, 0.15) is 0 Å². The molecular formula is C20H30ClIN4O3. The number of esters is 1. The molecule has 1 aliphatic heterocycles. The third-order valence-corrected chi connectivity index (χ3v) is 4.87. The Morgan fingerprint density at radius 1 is 1.24 bits per heavy atom. The summed E-state index contributed by atoms with van der Waals surface area (Å²) in [6.07, 6.45) is 2.59. The topological polar surface area (TPSA) is 83.0 Å². The standard InChI is InChI=1S/C20H29ClN4O3.HI/c1-3-22-20(25-13-10-15(11-14-25)19(27)28-2)23-12-4-5-18(26)24-17-8-6-16(21)7-9-17;/h6-9,15H,3-5,10-14H2,1-2H3,(H,22,23)(H,24,26);1H. The molecule has 2 N–H and O–H groups in total. The van der Waals surface area contributed by atoms with Crippen LogP contribution >= 0.6 is 35.6 Å². The van der Waals surface area contributed by atoms with Crippen LogP contribution in [0.1, 0.15) is 32.6 Å². The quantitative estimate of drug-likeness (QED) is 0.183. The number of hydrogen-bond donors (Lipinski definition) is 2. The van der Waals surface area contributed by atoms with Crippen LogP contribution in [-0.2, 0) is 14.3 Å². The molecule has 1 amide bonds. The van der Waals surface area contributed by atoms with Gasteiger partial charge in [-0.15, -0.1) is 24.0 Å². The van der Waals surface area contributed by atoms with Crippen LogP contribution in [0.25, 0.3) is 0 Å². The van der Waals surface area contributed by atoms with Gasteiger partial charge in [-0.3, -0.25) is 14.6 Å². The summed E-state index contributed by atoms with van der Waals surface area (Å²) in [5, 5.41) is 6.78. The highest BCUT2D eigenvalue weighted by Crippen LogP contribution is 2.18. The minimum atomic E-state index is -0.131. The van der Waals surface area contributed by atoms with Gasteiger partial charge in [-0.25, -0.2) is 0 Å². The molecule has 1 aromatic rings. The number of benzene rings is 1. The molecule has 0 saturated carbocycles. The highest BCUT2D eigenvalue weighted by Gasteiger charge is 2.26. The molecule has 0 aliphatic carbocycles. The summed E-state index contributed by atoms with van der Waals surface area (Å²) < 4.78 is 4.84. The van der Waals surface area contributed by atoms with Crippen molar-refractivity contribution in [3.63, 3.8) is 0 Å². The van der Waals surface area contributed by atoms with Gasteiger partial charge in [-0.05, 0) is 50.5 Å². The van der Waals surface area contributed by atoms with Gasteiger partial charge in [0, 0.05) is 43.3 Å². The van der Waals surface area contributed by atoms with Crippen LogP contribution in [-0.4, -0.2) is 56.0 Å². The summed E-state index contributed by atoms with van der Waals surface area (Å²) in [6, 6.07) is 7.04. The van der Waals surface area contributed by atoms with Crippen LogP contribution in [0.15, 0.2) is 29.3 Å². The smallest absolute Gasteiger partial charge is 0.308 e. The fraction of sp³-hybridized carbons (Fsp3) is 0.550. The molecule has 29 heavy (non-hydrogen) atoms. The van der Waals surface area contributed by atoms with Gasteiger partial charge in [-0.2, -0.15) is 0 Å². The average molecular weight is 537 g/mol. The van der Waals surface area contributed by atoms with Crippen LogP contribution in [0.4, 0.5) is 5.69 Å². The minimum Gasteiger partial charge on any atom is -0.469 e. The zero-order valence-corrected chi connectivity index (χ0v) is 20.0. The van der Waals surface area contributed by atoms with Gasteiger partial charge in [-0.1, -0.05) is 11.6 Å². The fourth-order valence-electron chi connectivity index (χ4n) is 3.10. The van der Waals surface area contributed by atoms with Crippen molar-refractivity contribution < 1.29 is 14.3 Å². The summed E-state index contributed by atoms with van der Waals surface area (Å²) in [7, 11) is 1.43. The molecule has 0 aromatic heterocycles. The first-order chi connectivity index (χ1) is 13.5. The largest absolute Gasteiger partial charge is 0.469 e. The second kappa shape index (κ2) is 13.6. The maximum absolute atomic E-state index is 12.0. The number of carbonyl (C=O) groups excluding carboxylic acids is 2. The number of piperidine rings is 1. The predicted molar refractivity (Wildman–Crippen MR) is 127 cm³/mol. The summed E-state index contributed by atoms with van der Waals surface area (Å²) in [6.45, 7) is 4.89. The van der Waals surface area contributed by atoms with E-state index >= 15 is 0 Å². The maximum atomic E-state index is 12.0. The van der Waals surface area contributed by atoms with E-state index in [0.717, 1.165) is 44.1 Å². The number of rotatable bonds is 7. The summed E-state index contributed by atoms with van der Waals surface area (Å²) in [5.74, 6) is 0.638. The lowest BCUT2D eigenvalue weighted by atomic mass is 9.97. The van der Waals surface area contributed by atoms with Gasteiger partial charge in [0.15, 0.2) is 5.96 Å². The van der Waals surface area contributed by atoms with Gasteiger partial charge in [0.2, 0.25) is 5.91 Å². The number of nitrogens with zero attached hydrogens (tertiary/aromatic N) is 2. The van der Waals surface area contributed by atoms with Crippen molar-refractivity contribution in [3.05, 3.63) is 29.3 Å². The lowest BCUT2D eigenvalue weighted by Gasteiger charge is -2.33. The number of amides is 1. The zero-order chi connectivity index (χ0) is 20.4. The monoisotopic (exact) mass is 536 g/mol. The number of guanidine groups is 1. The zero-order valence-electron chi connectivity index (χ0n) is 16.9. The highest BCUT2D eigenvalue weighted by molar-refractivity contribution is 14.0. The molecule has 2 rings (SSSR count). The third-order valence-electron chi connectivity index (χ3n) is 4.62. The number of nitrogens with one attached hydrogen (secondary N) is 2. The molecule has 7 nitrogen and oxygen atoms in total. The van der Waals surface area contributed by atoms with Gasteiger partial charge in [0.05, 0.1) is 13.0 Å². The van der Waals surface area contributed by atoms with Gasteiger partial charge < -0.3 is 20.3 Å². The second-order valence-electron chi connectivity index (χ2n) is 6.68. The Morgan fingerprint density at radius 2 is 1.90 bits per heavy atom. The molecule has 0 spiro atoms. The van der Waals surface area contributed by atoms with E-state index in [4.69, 9.17) is 16.3 Å². The number of aliphatic imine (C=N–C) groups is 1. The number of ether oxygens (including phenoxy) is 1. The molecule has 9 heteroatoms. The molecule has 1 aliphatic rings. The SMILES string of the molecule is CCNC(=NCCCC(=O)Nc1ccc(Cl)cc1)N1CCC(C(=O)OC)CC1.I. The molecule has 0 atom stereocenters. The lowest BCUT2D eigenvalue weighted by Crippen LogP contribution is -2.46. The Labute approximate surface area is 194 Å². The Morgan fingerprint density at radius 3 is 2.48 bits per heavy atom. The lowest BCUT2D eigenvalue weighted by molar-refractivity contribution is -0.146. The number of likely N-dealkylation sites (tertiary alicyclic amines) is 1. The van der Waals surface area contributed by atoms with E-state index in [1.807, 2.05) is 6.92 Å². The normalized spacial score (nSPS) is 14.7. The van der Waals surface area contributed by atoms with Crippen molar-refractivity contribution in [2.45, 2.75) is 32.6 Å². The van der Waals surface area contributed by atoms with Crippen molar-refractivity contribution in [1.29, 1.82) is 0 Å². The third kappa shape index (κ3) is 8.77. The molecule has 1 saturated heterocycles. The number of halogens is 2. The van der Waals surface area contributed by atoms with Gasteiger partial charge in [0.25, 0.3) is 0 Å². The first kappa shape index (κ1) is 25.5. The van der Waals surface area contributed by atoms with E-state index in [1.54, 1.807) is 24.3 Å².